The molecule has 0 aliphatic heterocycles. The molecule has 0 aliphatic rings. The molecule has 1 N–H and O–H groups in total. The third-order valence-corrected chi connectivity index (χ3v) is 3.68. The highest BCUT2D eigenvalue weighted by Gasteiger charge is 2.17. The summed E-state index contributed by atoms with van der Waals surface area (Å²) in [6, 6.07) is 7.01. The van der Waals surface area contributed by atoms with Crippen LogP contribution in [-0.4, -0.2) is 6.54 Å². The predicted octanol–water partition coefficient (Wildman–Crippen LogP) is 4.77. The lowest BCUT2D eigenvalue weighted by Gasteiger charge is -2.17. The van der Waals surface area contributed by atoms with Gasteiger partial charge in [0.05, 0.1) is 12.3 Å². The molecule has 1 unspecified atom stereocenters. The number of benzene rings is 1. The van der Waals surface area contributed by atoms with Crippen LogP contribution in [-0.2, 0) is 6.42 Å². The summed E-state index contributed by atoms with van der Waals surface area (Å²) in [4.78, 5) is 0. The van der Waals surface area contributed by atoms with Gasteiger partial charge in [0.2, 0.25) is 0 Å². The van der Waals surface area contributed by atoms with E-state index in [2.05, 4.69) is 28.2 Å². The van der Waals surface area contributed by atoms with Gasteiger partial charge in [-0.25, -0.2) is 4.39 Å². The number of furan rings is 1. The third-order valence-electron chi connectivity index (χ3n) is 3.22. The molecule has 4 heteroatoms. The summed E-state index contributed by atoms with van der Waals surface area (Å²) in [6.45, 7) is 5.06. The Labute approximate surface area is 127 Å². The van der Waals surface area contributed by atoms with Crippen LogP contribution in [0.15, 0.2) is 39.4 Å². The van der Waals surface area contributed by atoms with E-state index in [-0.39, 0.29) is 11.9 Å². The highest BCUT2D eigenvalue weighted by Crippen LogP contribution is 2.24. The van der Waals surface area contributed by atoms with Gasteiger partial charge in [-0.05, 0) is 61.7 Å². The smallest absolute Gasteiger partial charge is 0.124 e. The van der Waals surface area contributed by atoms with Crippen LogP contribution in [0.25, 0.3) is 0 Å². The number of hydrogen-bond donors (Lipinski definition) is 1. The van der Waals surface area contributed by atoms with Crippen molar-refractivity contribution in [3.63, 3.8) is 0 Å². The van der Waals surface area contributed by atoms with Crippen LogP contribution in [0.4, 0.5) is 4.39 Å². The van der Waals surface area contributed by atoms with Crippen molar-refractivity contribution in [1.82, 2.24) is 5.32 Å². The van der Waals surface area contributed by atoms with E-state index in [1.54, 1.807) is 12.3 Å². The molecular formula is C16H19BrFNO. The zero-order valence-corrected chi connectivity index (χ0v) is 13.3. The number of hydrogen-bond acceptors (Lipinski definition) is 2. The normalized spacial score (nSPS) is 12.6. The maximum Gasteiger partial charge on any atom is 0.124 e. The molecule has 0 saturated heterocycles. The Morgan fingerprint density at radius 3 is 2.75 bits per heavy atom. The van der Waals surface area contributed by atoms with E-state index in [4.69, 9.17) is 4.42 Å². The number of aryl methyl sites for hydroxylation is 1. The van der Waals surface area contributed by atoms with E-state index in [1.807, 2.05) is 19.1 Å². The van der Waals surface area contributed by atoms with Crippen LogP contribution >= 0.6 is 15.9 Å². The lowest BCUT2D eigenvalue weighted by atomic mass is 10.0. The maximum atomic E-state index is 13.5. The lowest BCUT2D eigenvalue weighted by Crippen LogP contribution is -2.24. The highest BCUT2D eigenvalue weighted by molar-refractivity contribution is 9.10. The molecule has 1 aromatic heterocycles. The molecular weight excluding hydrogens is 321 g/mol. The Bertz CT molecular complexity index is 547. The standard InChI is InChI=1S/C16H19BrFNO/c1-3-5-19-15(16-11(2)4-6-20-16)9-12-7-13(17)10-14(18)8-12/h4,6-8,10,15,19H,3,5,9H2,1-2H3. The molecule has 108 valence electrons. The zero-order chi connectivity index (χ0) is 14.5. The minimum Gasteiger partial charge on any atom is -0.467 e. The molecule has 2 rings (SSSR count). The summed E-state index contributed by atoms with van der Waals surface area (Å²) in [5.74, 6) is 0.707. The van der Waals surface area contributed by atoms with Gasteiger partial charge in [-0.1, -0.05) is 22.9 Å². The van der Waals surface area contributed by atoms with Crippen molar-refractivity contribution < 1.29 is 8.81 Å². The Morgan fingerprint density at radius 1 is 1.35 bits per heavy atom. The van der Waals surface area contributed by atoms with Gasteiger partial charge < -0.3 is 9.73 Å². The first kappa shape index (κ1) is 15.3. The van der Waals surface area contributed by atoms with Crippen LogP contribution in [0.1, 0.15) is 36.3 Å². The predicted molar refractivity (Wildman–Crippen MR) is 82.3 cm³/mol. The van der Waals surface area contributed by atoms with Gasteiger partial charge in [-0.2, -0.15) is 0 Å². The Hall–Kier alpha value is -1.13. The van der Waals surface area contributed by atoms with Crippen molar-refractivity contribution in [3.8, 4) is 0 Å². The average molecular weight is 340 g/mol. The molecule has 1 atom stereocenters. The third kappa shape index (κ3) is 3.93. The first-order chi connectivity index (χ1) is 9.60. The number of nitrogens with one attached hydrogen (secondary N) is 1. The van der Waals surface area contributed by atoms with E-state index in [0.717, 1.165) is 34.3 Å². The molecule has 20 heavy (non-hydrogen) atoms. The molecule has 0 bridgehead atoms. The van der Waals surface area contributed by atoms with Gasteiger partial charge in [0.1, 0.15) is 11.6 Å². The molecule has 0 aliphatic carbocycles. The van der Waals surface area contributed by atoms with Crippen molar-refractivity contribution in [1.29, 1.82) is 0 Å². The Balaban J connectivity index is 2.21. The summed E-state index contributed by atoms with van der Waals surface area (Å²) in [7, 11) is 0. The summed E-state index contributed by atoms with van der Waals surface area (Å²) < 4.78 is 19.8. The maximum absolute atomic E-state index is 13.5. The molecule has 0 radical (unpaired) electrons. The molecule has 1 aromatic carbocycles. The van der Waals surface area contributed by atoms with Crippen LogP contribution in [0.3, 0.4) is 0 Å². The summed E-state index contributed by atoms with van der Waals surface area (Å²) >= 11 is 3.33. The summed E-state index contributed by atoms with van der Waals surface area (Å²) in [6.07, 6.45) is 3.45. The lowest BCUT2D eigenvalue weighted by molar-refractivity contribution is 0.407. The van der Waals surface area contributed by atoms with Crippen LogP contribution in [0.5, 0.6) is 0 Å². The van der Waals surface area contributed by atoms with Crippen LogP contribution < -0.4 is 5.32 Å². The van der Waals surface area contributed by atoms with Crippen LogP contribution in [0.2, 0.25) is 0 Å². The van der Waals surface area contributed by atoms with E-state index in [9.17, 15) is 4.39 Å². The van der Waals surface area contributed by atoms with Gasteiger partial charge in [0.15, 0.2) is 0 Å². The first-order valence-electron chi connectivity index (χ1n) is 6.82. The first-order valence-corrected chi connectivity index (χ1v) is 7.61. The second-order valence-corrected chi connectivity index (χ2v) is 5.87. The zero-order valence-electron chi connectivity index (χ0n) is 11.7. The van der Waals surface area contributed by atoms with E-state index in [1.165, 1.54) is 6.07 Å². The van der Waals surface area contributed by atoms with Gasteiger partial charge >= 0.3 is 0 Å². The molecule has 0 spiro atoms. The topological polar surface area (TPSA) is 25.2 Å². The van der Waals surface area contributed by atoms with Crippen LogP contribution in [0, 0.1) is 12.7 Å². The second kappa shape index (κ2) is 7.04. The quantitative estimate of drug-likeness (QED) is 0.819. The molecule has 1 heterocycles. The monoisotopic (exact) mass is 339 g/mol. The average Bonchev–Trinajstić information content (AvgIpc) is 2.79. The Morgan fingerprint density at radius 2 is 2.15 bits per heavy atom. The molecule has 2 nitrogen and oxygen atoms in total. The van der Waals surface area contributed by atoms with E-state index >= 15 is 0 Å². The molecule has 0 amide bonds. The fraction of sp³-hybridized carbons (Fsp3) is 0.375. The second-order valence-electron chi connectivity index (χ2n) is 4.96. The van der Waals surface area contributed by atoms with Gasteiger partial charge in [0, 0.05) is 4.47 Å². The fourth-order valence-corrected chi connectivity index (χ4v) is 2.79. The molecule has 2 aromatic rings. The van der Waals surface area contributed by atoms with Gasteiger partial charge in [0.25, 0.3) is 0 Å². The van der Waals surface area contributed by atoms with E-state index < -0.39 is 0 Å². The highest BCUT2D eigenvalue weighted by atomic mass is 79.9. The van der Waals surface area contributed by atoms with Crippen molar-refractivity contribution in [2.75, 3.05) is 6.54 Å². The Kier molecular flexibility index (Phi) is 5.38. The van der Waals surface area contributed by atoms with Crippen molar-refractivity contribution >= 4 is 15.9 Å². The van der Waals surface area contributed by atoms with Crippen molar-refractivity contribution in [2.45, 2.75) is 32.7 Å². The minimum atomic E-state index is -0.222. The number of rotatable bonds is 6. The minimum absolute atomic E-state index is 0.0682. The molecule has 0 fully saturated rings. The van der Waals surface area contributed by atoms with Crippen molar-refractivity contribution in [2.24, 2.45) is 0 Å². The van der Waals surface area contributed by atoms with E-state index in [0.29, 0.717) is 6.42 Å². The van der Waals surface area contributed by atoms with Gasteiger partial charge in [-0.3, -0.25) is 0 Å². The SMILES string of the molecule is CCCNC(Cc1cc(F)cc(Br)c1)c1occc1C. The largest absolute Gasteiger partial charge is 0.467 e. The van der Waals surface area contributed by atoms with Gasteiger partial charge in [-0.15, -0.1) is 0 Å². The van der Waals surface area contributed by atoms with Crippen molar-refractivity contribution in [3.05, 3.63) is 57.7 Å². The number of halogens is 2. The summed E-state index contributed by atoms with van der Waals surface area (Å²) in [5, 5.41) is 3.47. The summed E-state index contributed by atoms with van der Waals surface area (Å²) in [5.41, 5.74) is 2.07. The fourth-order valence-electron chi connectivity index (χ4n) is 2.28. The molecule has 0 saturated carbocycles.